The van der Waals surface area contributed by atoms with E-state index in [9.17, 15) is 4.21 Å². The van der Waals surface area contributed by atoms with Crippen molar-refractivity contribution in [3.8, 4) is 0 Å². The summed E-state index contributed by atoms with van der Waals surface area (Å²) in [6.07, 6.45) is 1.11. The summed E-state index contributed by atoms with van der Waals surface area (Å²) >= 11 is -1.52. The van der Waals surface area contributed by atoms with Crippen LogP contribution in [0.5, 0.6) is 0 Å². The molecular weight excluding hydrogens is 104 g/mol. The Balaban J connectivity index is 2.52. The molecular formula is CHN2O2S. The SMILES string of the molecule is O=S1[N]C=NO1. The van der Waals surface area contributed by atoms with Crippen molar-refractivity contribution in [3.05, 3.63) is 0 Å². The van der Waals surface area contributed by atoms with Gasteiger partial charge in [-0.05, 0) is 0 Å². The molecule has 0 aromatic rings. The molecule has 0 bridgehead atoms. The van der Waals surface area contributed by atoms with Gasteiger partial charge in [-0.25, -0.2) is 0 Å². The van der Waals surface area contributed by atoms with Crippen molar-refractivity contribution in [2.24, 2.45) is 5.16 Å². The van der Waals surface area contributed by atoms with Gasteiger partial charge < -0.3 is 0 Å². The third-order valence-corrected chi connectivity index (χ3v) is 0.767. The van der Waals surface area contributed by atoms with E-state index in [-0.39, 0.29) is 0 Å². The van der Waals surface area contributed by atoms with E-state index in [0.717, 1.165) is 6.34 Å². The molecule has 0 saturated heterocycles. The predicted molar refractivity (Wildman–Crippen MR) is 19.9 cm³/mol. The lowest BCUT2D eigenvalue weighted by atomic mass is 11.4. The van der Waals surface area contributed by atoms with E-state index in [4.69, 9.17) is 0 Å². The van der Waals surface area contributed by atoms with Crippen LogP contribution in [0.25, 0.3) is 0 Å². The second-order valence-corrected chi connectivity index (χ2v) is 1.41. The minimum Gasteiger partial charge on any atom is -0.268 e. The third kappa shape index (κ3) is 0.486. The molecule has 6 heavy (non-hydrogen) atoms. The Morgan fingerprint density at radius 3 is 2.83 bits per heavy atom. The summed E-state index contributed by atoms with van der Waals surface area (Å²) in [6, 6.07) is 0. The molecule has 1 aliphatic heterocycles. The highest BCUT2D eigenvalue weighted by molar-refractivity contribution is 7.78. The van der Waals surface area contributed by atoms with Crippen LogP contribution >= 0.6 is 0 Å². The maximum absolute atomic E-state index is 9.84. The molecule has 0 fully saturated rings. The van der Waals surface area contributed by atoms with Crippen LogP contribution in [0.2, 0.25) is 0 Å². The summed E-state index contributed by atoms with van der Waals surface area (Å²) in [4.78, 5) is 0. The van der Waals surface area contributed by atoms with Gasteiger partial charge in [-0.2, -0.15) is 4.21 Å². The van der Waals surface area contributed by atoms with E-state index in [0.29, 0.717) is 0 Å². The van der Waals surface area contributed by atoms with Crippen molar-refractivity contribution in [2.75, 3.05) is 0 Å². The maximum atomic E-state index is 9.84. The molecule has 1 radical (unpaired) electrons. The average Bonchev–Trinajstić information content (AvgIpc) is 1.86. The molecule has 0 aliphatic carbocycles. The molecule has 0 N–H and O–H groups in total. The van der Waals surface area contributed by atoms with E-state index in [1.165, 1.54) is 0 Å². The molecule has 4 nitrogen and oxygen atoms in total. The number of nitrogens with zero attached hydrogens (tertiary/aromatic N) is 2. The highest BCUT2D eigenvalue weighted by Gasteiger charge is 2.02. The minimum absolute atomic E-state index is 1.11. The summed E-state index contributed by atoms with van der Waals surface area (Å²) in [5.41, 5.74) is 0. The molecule has 0 spiro atoms. The molecule has 0 aromatic carbocycles. The van der Waals surface area contributed by atoms with Crippen LogP contribution in [0, 0.1) is 0 Å². The second-order valence-electron chi connectivity index (χ2n) is 0.618. The smallest absolute Gasteiger partial charge is 0.268 e. The molecule has 1 unspecified atom stereocenters. The quantitative estimate of drug-likeness (QED) is 0.402. The summed E-state index contributed by atoms with van der Waals surface area (Å²) in [6.45, 7) is 0. The first-order valence-electron chi connectivity index (χ1n) is 1.21. The number of hydrogen-bond donors (Lipinski definition) is 0. The Kier molecular flexibility index (Phi) is 0.754. The molecule has 1 atom stereocenters. The van der Waals surface area contributed by atoms with E-state index >= 15 is 0 Å². The zero-order valence-corrected chi connectivity index (χ0v) is 3.51. The van der Waals surface area contributed by atoms with Gasteiger partial charge >= 0.3 is 11.3 Å². The normalized spacial score (nSPS) is 29.0. The van der Waals surface area contributed by atoms with Crippen LogP contribution in [0.15, 0.2) is 5.16 Å². The number of oxime groups is 1. The fourth-order valence-electron chi connectivity index (χ4n) is 0.133. The van der Waals surface area contributed by atoms with Gasteiger partial charge in [0.2, 0.25) is 0 Å². The van der Waals surface area contributed by atoms with Crippen molar-refractivity contribution >= 4 is 17.6 Å². The topological polar surface area (TPSA) is 52.8 Å². The van der Waals surface area contributed by atoms with E-state index in [1.807, 2.05) is 0 Å². The van der Waals surface area contributed by atoms with Crippen molar-refractivity contribution in [2.45, 2.75) is 0 Å². The Hall–Kier alpha value is -0.580. The summed E-state index contributed by atoms with van der Waals surface area (Å²) in [5, 5.41) is 3.07. The van der Waals surface area contributed by atoms with Gasteiger partial charge in [0.1, 0.15) is 0 Å². The van der Waals surface area contributed by atoms with Gasteiger partial charge in [0, 0.05) is 0 Å². The highest BCUT2D eigenvalue weighted by Crippen LogP contribution is 1.86. The molecule has 0 aromatic heterocycles. The standard InChI is InChI=1S/CHN2O2S/c4-6-3-1-2-5-6/h1H. The van der Waals surface area contributed by atoms with Crippen molar-refractivity contribution in [1.29, 1.82) is 0 Å². The molecule has 33 valence electrons. The predicted octanol–water partition coefficient (Wildman–Crippen LogP) is -0.857. The molecule has 1 heterocycles. The van der Waals surface area contributed by atoms with Crippen molar-refractivity contribution < 1.29 is 8.49 Å². The Bertz CT molecular complexity index is 89.7. The Labute approximate surface area is 37.0 Å². The van der Waals surface area contributed by atoms with Gasteiger partial charge in [-0.15, -0.1) is 4.72 Å². The monoisotopic (exact) mass is 105 g/mol. The first kappa shape index (κ1) is 3.60. The number of hydrogen-bond acceptors (Lipinski definition) is 3. The van der Waals surface area contributed by atoms with Crippen LogP contribution in [0.1, 0.15) is 0 Å². The summed E-state index contributed by atoms with van der Waals surface area (Å²) < 4.78 is 17.1. The van der Waals surface area contributed by atoms with Crippen molar-refractivity contribution in [1.82, 2.24) is 4.72 Å². The summed E-state index contributed by atoms with van der Waals surface area (Å²) in [7, 11) is 0. The highest BCUT2D eigenvalue weighted by atomic mass is 32.2. The summed E-state index contributed by atoms with van der Waals surface area (Å²) in [5.74, 6) is 0. The Morgan fingerprint density at radius 1 is 1.83 bits per heavy atom. The van der Waals surface area contributed by atoms with Crippen LogP contribution in [0.4, 0.5) is 0 Å². The van der Waals surface area contributed by atoms with Gasteiger partial charge in [0.15, 0.2) is 6.34 Å². The maximum Gasteiger partial charge on any atom is 0.361 e. The van der Waals surface area contributed by atoms with Crippen LogP contribution in [-0.4, -0.2) is 10.5 Å². The zero-order valence-electron chi connectivity index (χ0n) is 2.70. The van der Waals surface area contributed by atoms with Crippen LogP contribution in [0.3, 0.4) is 0 Å². The van der Waals surface area contributed by atoms with E-state index in [1.54, 1.807) is 0 Å². The molecule has 1 aliphatic rings. The number of rotatable bonds is 0. The lowest BCUT2D eigenvalue weighted by Crippen LogP contribution is -1.96. The van der Waals surface area contributed by atoms with Crippen LogP contribution in [-0.2, 0) is 15.6 Å². The second kappa shape index (κ2) is 1.25. The van der Waals surface area contributed by atoms with Gasteiger partial charge in [-0.3, -0.25) is 4.28 Å². The lowest BCUT2D eigenvalue weighted by molar-refractivity contribution is 0.386. The van der Waals surface area contributed by atoms with Crippen LogP contribution < -0.4 is 4.72 Å². The Morgan fingerprint density at radius 2 is 2.67 bits per heavy atom. The average molecular weight is 105 g/mol. The molecule has 0 saturated carbocycles. The van der Waals surface area contributed by atoms with Gasteiger partial charge in [0.05, 0.1) is 0 Å². The van der Waals surface area contributed by atoms with E-state index < -0.39 is 11.3 Å². The van der Waals surface area contributed by atoms with Crippen molar-refractivity contribution in [3.63, 3.8) is 0 Å². The first-order valence-corrected chi connectivity index (χ1v) is 2.25. The van der Waals surface area contributed by atoms with Gasteiger partial charge in [0.25, 0.3) is 0 Å². The molecule has 0 amide bonds. The largest absolute Gasteiger partial charge is 0.361 e. The fraction of sp³-hybridized carbons (Fsp3) is 0. The first-order chi connectivity index (χ1) is 2.89. The zero-order chi connectivity index (χ0) is 4.41. The molecule has 5 heteroatoms. The lowest BCUT2D eigenvalue weighted by Gasteiger charge is -1.74. The fourth-order valence-corrected chi connectivity index (χ4v) is 0.399. The molecule has 1 rings (SSSR count). The van der Waals surface area contributed by atoms with Gasteiger partial charge in [-0.1, -0.05) is 5.16 Å². The van der Waals surface area contributed by atoms with E-state index in [2.05, 4.69) is 14.2 Å². The third-order valence-electron chi connectivity index (χ3n) is 0.287. The minimum atomic E-state index is -1.52.